The van der Waals surface area contributed by atoms with E-state index < -0.39 is 8.07 Å². The fourth-order valence-electron chi connectivity index (χ4n) is 8.73. The number of rotatable bonds is 16. The van der Waals surface area contributed by atoms with Gasteiger partial charge in [-0.15, -0.1) is 45.3 Å². The van der Waals surface area contributed by atoms with Crippen LogP contribution in [-0.2, 0) is 0 Å². The van der Waals surface area contributed by atoms with Gasteiger partial charge in [-0.25, -0.2) is 0 Å². The lowest BCUT2D eigenvalue weighted by Crippen LogP contribution is -2.56. The van der Waals surface area contributed by atoms with Gasteiger partial charge in [0.15, 0.2) is 0 Å². The van der Waals surface area contributed by atoms with Crippen molar-refractivity contribution < 1.29 is 0 Å². The van der Waals surface area contributed by atoms with Gasteiger partial charge in [-0.3, -0.25) is 9.97 Å². The summed E-state index contributed by atoms with van der Waals surface area (Å²) in [6.07, 6.45) is 14.3. The van der Waals surface area contributed by atoms with Gasteiger partial charge >= 0.3 is 0 Å². The van der Waals surface area contributed by atoms with Crippen LogP contribution in [0.2, 0.25) is 12.1 Å². The molecule has 0 aromatic carbocycles. The van der Waals surface area contributed by atoms with Crippen LogP contribution >= 0.6 is 68.8 Å². The normalized spacial score (nSPS) is 14.5. The Hall–Kier alpha value is -3.04. The van der Waals surface area contributed by atoms with Gasteiger partial charge in [0.2, 0.25) is 0 Å². The van der Waals surface area contributed by atoms with E-state index in [1.54, 1.807) is 33.0 Å². The fourth-order valence-corrected chi connectivity index (χ4v) is 21.7. The number of thiophene rings is 4. The second-order valence-corrected chi connectivity index (χ2v) is 24.1. The number of nitrogens with zero attached hydrogens (tertiary/aromatic N) is 6. The van der Waals surface area contributed by atoms with Crippen LogP contribution in [0, 0.1) is 11.8 Å². The van der Waals surface area contributed by atoms with E-state index in [0.717, 1.165) is 54.3 Å². The predicted molar refractivity (Wildman–Crippen MR) is 244 cm³/mol. The molecule has 13 heteroatoms. The maximum Gasteiger partial charge on any atom is 0.132 e. The summed E-state index contributed by atoms with van der Waals surface area (Å²) in [5, 5.41) is 7.54. The van der Waals surface area contributed by atoms with Gasteiger partial charge in [-0.1, -0.05) is 91.2 Å². The second kappa shape index (κ2) is 16.1. The van der Waals surface area contributed by atoms with Gasteiger partial charge in [0.05, 0.1) is 33.2 Å². The third-order valence-electron chi connectivity index (χ3n) is 11.7. The van der Waals surface area contributed by atoms with Crippen molar-refractivity contribution in [1.82, 2.24) is 27.5 Å². The van der Waals surface area contributed by atoms with Gasteiger partial charge in [-0.2, -0.15) is 17.5 Å². The topological polar surface area (TPSA) is 77.3 Å². The lowest BCUT2D eigenvalue weighted by Gasteiger charge is -2.35. The first-order valence-electron chi connectivity index (χ1n) is 19.7. The van der Waals surface area contributed by atoms with E-state index >= 15 is 0 Å². The van der Waals surface area contributed by atoms with Gasteiger partial charge in [0.25, 0.3) is 0 Å². The summed E-state index contributed by atoms with van der Waals surface area (Å²) in [4.78, 5) is 17.9. The Labute approximate surface area is 348 Å². The number of pyridine rings is 2. The Bertz CT molecular complexity index is 2370. The Morgan fingerprint density at radius 2 is 1.04 bits per heavy atom. The molecule has 0 aliphatic carbocycles. The molecule has 8 aromatic heterocycles. The molecular formula is C42H44N6S6Si. The molecule has 9 rings (SSSR count). The lowest BCUT2D eigenvalue weighted by molar-refractivity contribution is 0.469. The van der Waals surface area contributed by atoms with Crippen LogP contribution in [0.5, 0.6) is 0 Å². The molecule has 0 bridgehead atoms. The Morgan fingerprint density at radius 3 is 1.44 bits per heavy atom. The molecule has 0 spiro atoms. The van der Waals surface area contributed by atoms with E-state index in [9.17, 15) is 0 Å². The summed E-state index contributed by atoms with van der Waals surface area (Å²) < 4.78 is 19.4. The third-order valence-corrected chi connectivity index (χ3v) is 22.8. The Balaban J connectivity index is 1.24. The van der Waals surface area contributed by atoms with Crippen LogP contribution in [0.1, 0.15) is 79.1 Å². The van der Waals surface area contributed by atoms with Gasteiger partial charge in [0.1, 0.15) is 41.5 Å². The molecular weight excluding hydrogens is 809 g/mol. The van der Waals surface area contributed by atoms with Crippen LogP contribution in [0.3, 0.4) is 0 Å². The minimum absolute atomic E-state index is 0.711. The first-order chi connectivity index (χ1) is 27.1. The number of unbranched alkanes of at least 4 members (excludes halogenated alkanes) is 2. The van der Waals surface area contributed by atoms with E-state index in [4.69, 9.17) is 27.5 Å². The molecule has 1 aliphatic rings. The largest absolute Gasteiger partial charge is 0.252 e. The van der Waals surface area contributed by atoms with Crippen molar-refractivity contribution in [2.45, 2.75) is 91.1 Å². The number of hydrogen-bond acceptors (Lipinski definition) is 12. The van der Waals surface area contributed by atoms with Crippen molar-refractivity contribution >= 4 is 109 Å². The summed E-state index contributed by atoms with van der Waals surface area (Å²) in [7, 11) is -2.26. The van der Waals surface area contributed by atoms with Crippen LogP contribution in [0.25, 0.3) is 73.8 Å². The zero-order valence-electron chi connectivity index (χ0n) is 31.6. The van der Waals surface area contributed by atoms with Crippen LogP contribution in [0.15, 0.2) is 59.6 Å². The molecule has 2 atom stereocenters. The molecule has 1 aliphatic heterocycles. The minimum atomic E-state index is -2.26. The second-order valence-electron chi connectivity index (χ2n) is 14.9. The molecule has 8 aromatic rings. The molecule has 0 saturated heterocycles. The number of aromatic nitrogens is 6. The van der Waals surface area contributed by atoms with E-state index in [-0.39, 0.29) is 0 Å². The highest BCUT2D eigenvalue weighted by atomic mass is 32.1. The highest BCUT2D eigenvalue weighted by Gasteiger charge is 2.50. The molecule has 282 valence electrons. The molecule has 6 nitrogen and oxygen atoms in total. The zero-order valence-corrected chi connectivity index (χ0v) is 37.5. The Kier molecular flexibility index (Phi) is 11.0. The van der Waals surface area contributed by atoms with Crippen LogP contribution in [0.4, 0.5) is 0 Å². The minimum Gasteiger partial charge on any atom is -0.252 e. The quantitative estimate of drug-likeness (QED) is 0.0901. The van der Waals surface area contributed by atoms with Crippen molar-refractivity contribution in [3.05, 3.63) is 59.6 Å². The first kappa shape index (κ1) is 37.5. The van der Waals surface area contributed by atoms with Crippen LogP contribution in [-0.4, -0.2) is 35.5 Å². The predicted octanol–water partition coefficient (Wildman–Crippen LogP) is 13.4. The molecule has 55 heavy (non-hydrogen) atoms. The van der Waals surface area contributed by atoms with Crippen molar-refractivity contribution in [3.63, 3.8) is 0 Å². The molecule has 0 fully saturated rings. The Morgan fingerprint density at radius 1 is 0.582 bits per heavy atom. The van der Waals surface area contributed by atoms with Crippen LogP contribution < -0.4 is 10.4 Å². The summed E-state index contributed by atoms with van der Waals surface area (Å²) in [5.41, 5.74) is 7.88. The zero-order chi connectivity index (χ0) is 37.5. The lowest BCUT2D eigenvalue weighted by atomic mass is 10.0. The van der Waals surface area contributed by atoms with E-state index in [1.807, 2.05) is 22.7 Å². The van der Waals surface area contributed by atoms with Gasteiger partial charge in [0, 0.05) is 43.0 Å². The van der Waals surface area contributed by atoms with Crippen molar-refractivity contribution in [3.8, 4) is 51.8 Å². The van der Waals surface area contributed by atoms with Gasteiger partial charge < -0.3 is 0 Å². The summed E-state index contributed by atoms with van der Waals surface area (Å²) in [5.74, 6) is 1.42. The van der Waals surface area contributed by atoms with E-state index in [1.165, 1.54) is 106 Å². The fraction of sp³-hybridized carbons (Fsp3) is 0.381. The summed E-state index contributed by atoms with van der Waals surface area (Å²) in [6, 6.07) is 16.3. The molecule has 2 unspecified atom stereocenters. The van der Waals surface area contributed by atoms with E-state index in [2.05, 4.69) is 87.2 Å². The standard InChI is InChI=1S/C42H44N6S6Si/c1-5-9-13-25(7-3)23-55(24-26(8-4)14-10-6-2)33-19-31(27-21-43-37(29-15-11-17-49-29)39-35(27)45-53-47-39)51-41(33)42-34(55)20-32(52-42)28-22-44-38(30-16-12-18-50-30)40-36(28)46-54-48-40/h11-12,15-22,25-26H,5-10,13-14,23-24H2,1-4H3. The van der Waals surface area contributed by atoms with E-state index in [0.29, 0.717) is 11.8 Å². The molecule has 0 saturated carbocycles. The van der Waals surface area contributed by atoms with Crippen molar-refractivity contribution in [2.24, 2.45) is 11.8 Å². The maximum atomic E-state index is 5.06. The van der Waals surface area contributed by atoms with Crippen molar-refractivity contribution in [1.29, 1.82) is 0 Å². The highest BCUT2D eigenvalue weighted by Crippen LogP contribution is 2.50. The molecule has 0 radical (unpaired) electrons. The maximum absolute atomic E-state index is 5.06. The third kappa shape index (κ3) is 6.71. The highest BCUT2D eigenvalue weighted by molar-refractivity contribution is 7.31. The monoisotopic (exact) mass is 852 g/mol. The average molecular weight is 853 g/mol. The van der Waals surface area contributed by atoms with Gasteiger partial charge in [-0.05, 0) is 69.3 Å². The molecule has 9 heterocycles. The summed E-state index contributed by atoms with van der Waals surface area (Å²) in [6.45, 7) is 9.56. The summed E-state index contributed by atoms with van der Waals surface area (Å²) >= 11 is 9.94. The molecule has 0 amide bonds. The molecule has 0 N–H and O–H groups in total. The number of hydrogen-bond donors (Lipinski definition) is 0. The SMILES string of the molecule is CCCCC(CC)C[Si]1(CC(CC)CCCC)c2cc(-c3cnc(-c4cccs4)c4nsnc34)sc2-c2sc(-c3cnc(-c4cccs4)c4nsnc34)cc21. The number of fused-ring (bicyclic) bond motifs is 5. The first-order valence-corrected chi connectivity index (χ1v) is 26.9. The van der Waals surface area contributed by atoms with Crippen molar-refractivity contribution in [2.75, 3.05) is 0 Å². The average Bonchev–Trinajstić information content (AvgIpc) is 4.06. The smallest absolute Gasteiger partial charge is 0.132 e.